The first-order valence-electron chi connectivity index (χ1n) is 10.3. The van der Waals surface area contributed by atoms with E-state index in [1.54, 1.807) is 0 Å². The molecule has 1 aliphatic rings. The van der Waals surface area contributed by atoms with Gasteiger partial charge in [-0.15, -0.1) is 0 Å². The van der Waals surface area contributed by atoms with Crippen molar-refractivity contribution in [2.24, 2.45) is 0 Å². The molecule has 1 aromatic heterocycles. The lowest BCUT2D eigenvalue weighted by atomic mass is 10.00. The van der Waals surface area contributed by atoms with E-state index in [0.717, 1.165) is 48.4 Å². The molecule has 0 radical (unpaired) electrons. The molecule has 4 nitrogen and oxygen atoms in total. The third-order valence-corrected chi connectivity index (χ3v) is 5.35. The first kappa shape index (κ1) is 18.1. The Kier molecular flexibility index (Phi) is 5.44. The topological polar surface area (TPSA) is 49.9 Å². The summed E-state index contributed by atoms with van der Waals surface area (Å²) in [6.07, 6.45) is 5.84. The third-order valence-electron chi connectivity index (χ3n) is 5.35. The van der Waals surface area contributed by atoms with E-state index in [0.29, 0.717) is 12.6 Å². The van der Waals surface area contributed by atoms with Gasteiger partial charge in [-0.2, -0.15) is 0 Å². The van der Waals surface area contributed by atoms with Crippen LogP contribution in [0, 0.1) is 0 Å². The van der Waals surface area contributed by atoms with Gasteiger partial charge in [0, 0.05) is 0 Å². The molecule has 27 heavy (non-hydrogen) atoms. The number of imidazole rings is 1. The van der Waals surface area contributed by atoms with Gasteiger partial charge in [-0.1, -0.05) is 31.9 Å². The number of hydrogen-bond acceptors (Lipinski definition) is 3. The zero-order valence-electron chi connectivity index (χ0n) is 16.3. The molecule has 0 spiro atoms. The lowest BCUT2D eigenvalue weighted by Crippen LogP contribution is -2.27. The number of H-pyrrole nitrogens is 1. The van der Waals surface area contributed by atoms with E-state index in [-0.39, 0.29) is 0 Å². The fourth-order valence-electron chi connectivity index (χ4n) is 3.98. The summed E-state index contributed by atoms with van der Waals surface area (Å²) in [7, 11) is 0. The molecule has 1 saturated heterocycles. The molecule has 142 valence electrons. The van der Waals surface area contributed by atoms with Gasteiger partial charge in [0.2, 0.25) is 0 Å². The summed E-state index contributed by atoms with van der Waals surface area (Å²) in [5.41, 5.74) is 5.89. The summed E-state index contributed by atoms with van der Waals surface area (Å²) in [6, 6.07) is 13.4. The molecular weight excluding hydrogens is 334 g/mol. The number of aromatic nitrogens is 2. The maximum absolute atomic E-state index is 5.80. The highest BCUT2D eigenvalue weighted by atomic mass is 16.5. The molecule has 1 unspecified atom stereocenters. The second kappa shape index (κ2) is 8.13. The quantitative estimate of drug-likeness (QED) is 0.617. The summed E-state index contributed by atoms with van der Waals surface area (Å²) >= 11 is 0. The summed E-state index contributed by atoms with van der Waals surface area (Å²) in [4.78, 5) is 8.37. The number of benzene rings is 2. The van der Waals surface area contributed by atoms with Crippen LogP contribution in [0.3, 0.4) is 0 Å². The van der Waals surface area contributed by atoms with Crippen LogP contribution in [0.2, 0.25) is 0 Å². The number of nitrogens with one attached hydrogen (secondary N) is 2. The molecule has 1 atom stereocenters. The van der Waals surface area contributed by atoms with Crippen LogP contribution >= 0.6 is 0 Å². The second-order valence-corrected chi connectivity index (χ2v) is 7.36. The Bertz CT molecular complexity index is 909. The van der Waals surface area contributed by atoms with Crippen LogP contribution in [-0.4, -0.2) is 23.1 Å². The van der Waals surface area contributed by atoms with Crippen LogP contribution < -0.4 is 10.1 Å². The fourth-order valence-corrected chi connectivity index (χ4v) is 3.98. The minimum Gasteiger partial charge on any atom is -0.494 e. The van der Waals surface area contributed by atoms with Gasteiger partial charge in [0.1, 0.15) is 11.6 Å². The lowest BCUT2D eigenvalue weighted by Gasteiger charge is -2.21. The van der Waals surface area contributed by atoms with Crippen LogP contribution in [0.4, 0.5) is 0 Å². The first-order valence-corrected chi connectivity index (χ1v) is 10.3. The largest absolute Gasteiger partial charge is 0.494 e. The Morgan fingerprint density at radius 1 is 1.07 bits per heavy atom. The Hall–Kier alpha value is -2.33. The summed E-state index contributed by atoms with van der Waals surface area (Å²) in [5, 5.41) is 3.57. The Morgan fingerprint density at radius 3 is 2.70 bits per heavy atom. The van der Waals surface area contributed by atoms with Gasteiger partial charge < -0.3 is 15.0 Å². The van der Waals surface area contributed by atoms with Gasteiger partial charge in [0.15, 0.2) is 0 Å². The van der Waals surface area contributed by atoms with Crippen LogP contribution in [0.15, 0.2) is 36.4 Å². The highest BCUT2D eigenvalue weighted by Crippen LogP contribution is 2.30. The minimum absolute atomic E-state index is 0.358. The first-order chi connectivity index (χ1) is 13.3. The third kappa shape index (κ3) is 3.86. The van der Waals surface area contributed by atoms with E-state index in [1.807, 2.05) is 6.92 Å². The van der Waals surface area contributed by atoms with E-state index in [9.17, 15) is 0 Å². The maximum Gasteiger partial charge on any atom is 0.124 e. The van der Waals surface area contributed by atoms with Gasteiger partial charge >= 0.3 is 0 Å². The smallest absolute Gasteiger partial charge is 0.124 e. The minimum atomic E-state index is 0.358. The van der Waals surface area contributed by atoms with Crippen molar-refractivity contribution in [3.8, 4) is 16.9 Å². The molecule has 2 aromatic carbocycles. The number of hydrogen-bond donors (Lipinski definition) is 2. The van der Waals surface area contributed by atoms with Crippen molar-refractivity contribution in [2.75, 3.05) is 13.2 Å². The molecule has 1 fully saturated rings. The number of rotatable bonds is 6. The number of aryl methyl sites for hydroxylation is 1. The summed E-state index contributed by atoms with van der Waals surface area (Å²) in [6.45, 7) is 6.03. The molecule has 1 aliphatic heterocycles. The van der Waals surface area contributed by atoms with Gasteiger partial charge in [-0.25, -0.2) is 4.98 Å². The van der Waals surface area contributed by atoms with E-state index >= 15 is 0 Å². The molecule has 4 rings (SSSR count). The zero-order valence-corrected chi connectivity index (χ0v) is 16.3. The lowest BCUT2D eigenvalue weighted by molar-refractivity contribution is 0.336. The van der Waals surface area contributed by atoms with Crippen molar-refractivity contribution in [1.82, 2.24) is 15.3 Å². The molecule has 0 bridgehead atoms. The van der Waals surface area contributed by atoms with E-state index in [1.165, 1.54) is 29.5 Å². The molecule has 0 aliphatic carbocycles. The monoisotopic (exact) mass is 363 g/mol. The maximum atomic E-state index is 5.80. The number of fused-ring (bicyclic) bond motifs is 1. The van der Waals surface area contributed by atoms with Crippen molar-refractivity contribution in [3.05, 3.63) is 47.8 Å². The molecule has 0 amide bonds. The normalized spacial score (nSPS) is 17.3. The second-order valence-electron chi connectivity index (χ2n) is 7.36. The average molecular weight is 364 g/mol. The molecule has 2 N–H and O–H groups in total. The number of ether oxygens (including phenoxy) is 1. The van der Waals surface area contributed by atoms with E-state index in [4.69, 9.17) is 9.72 Å². The molecule has 3 aromatic rings. The number of piperidine rings is 1. The van der Waals surface area contributed by atoms with Gasteiger partial charge in [0.05, 0.1) is 23.7 Å². The molecule has 2 heterocycles. The van der Waals surface area contributed by atoms with Crippen LogP contribution in [-0.2, 0) is 6.42 Å². The molecular formula is C23H29N3O. The predicted octanol–water partition coefficient (Wildman–Crippen LogP) is 5.40. The van der Waals surface area contributed by atoms with Crippen molar-refractivity contribution in [2.45, 2.75) is 52.0 Å². The Labute approximate surface area is 161 Å². The molecule has 4 heteroatoms. The molecule has 0 saturated carbocycles. The average Bonchev–Trinajstić information content (AvgIpc) is 3.14. The van der Waals surface area contributed by atoms with Gasteiger partial charge in [-0.05, 0) is 73.7 Å². The SMILES string of the molecule is CCCc1cc(-c2ccc3nc(C4CCCCN4)[nH]c3c2)ccc1OCC. The fraction of sp³-hybridized carbons (Fsp3) is 0.435. The van der Waals surface area contributed by atoms with E-state index < -0.39 is 0 Å². The Balaban J connectivity index is 1.66. The predicted molar refractivity (Wildman–Crippen MR) is 111 cm³/mol. The van der Waals surface area contributed by atoms with Gasteiger partial charge in [-0.3, -0.25) is 0 Å². The van der Waals surface area contributed by atoms with Crippen LogP contribution in [0.5, 0.6) is 5.75 Å². The van der Waals surface area contributed by atoms with Crippen molar-refractivity contribution in [3.63, 3.8) is 0 Å². The number of aromatic amines is 1. The van der Waals surface area contributed by atoms with Gasteiger partial charge in [0.25, 0.3) is 0 Å². The van der Waals surface area contributed by atoms with Crippen molar-refractivity contribution >= 4 is 11.0 Å². The highest BCUT2D eigenvalue weighted by molar-refractivity contribution is 5.82. The highest BCUT2D eigenvalue weighted by Gasteiger charge is 2.18. The summed E-state index contributed by atoms with van der Waals surface area (Å²) in [5.74, 6) is 2.08. The van der Waals surface area contributed by atoms with Crippen LogP contribution in [0.1, 0.15) is 57.0 Å². The standard InChI is InChI=1S/C23H29N3O/c1-3-7-18-14-16(10-12-22(18)27-4-2)17-9-11-19-21(15-17)26-23(25-19)20-8-5-6-13-24-20/h9-12,14-15,20,24H,3-8,13H2,1-2H3,(H,25,26). The van der Waals surface area contributed by atoms with Crippen LogP contribution in [0.25, 0.3) is 22.2 Å². The van der Waals surface area contributed by atoms with Crippen molar-refractivity contribution < 1.29 is 4.74 Å². The Morgan fingerprint density at radius 2 is 1.93 bits per heavy atom. The number of nitrogens with zero attached hydrogens (tertiary/aromatic N) is 1. The summed E-state index contributed by atoms with van der Waals surface area (Å²) < 4.78 is 5.80. The van der Waals surface area contributed by atoms with E-state index in [2.05, 4.69) is 53.6 Å². The van der Waals surface area contributed by atoms with Crippen molar-refractivity contribution in [1.29, 1.82) is 0 Å². The zero-order chi connectivity index (χ0) is 18.6.